The minimum absolute atomic E-state index is 0.194. The third kappa shape index (κ3) is 5.28. The van der Waals surface area contributed by atoms with E-state index in [4.69, 9.17) is 9.47 Å². The van der Waals surface area contributed by atoms with Crippen molar-refractivity contribution >= 4 is 11.3 Å². The van der Waals surface area contributed by atoms with Crippen molar-refractivity contribution in [1.29, 1.82) is 0 Å². The first-order valence-electron chi connectivity index (χ1n) is 11.9. The zero-order valence-electron chi connectivity index (χ0n) is 19.2. The van der Waals surface area contributed by atoms with E-state index in [0.29, 0.717) is 6.10 Å². The Morgan fingerprint density at radius 3 is 2.56 bits per heavy atom. The molecule has 2 aromatic carbocycles. The Bertz CT molecular complexity index is 880. The van der Waals surface area contributed by atoms with Crippen LogP contribution in [0.1, 0.15) is 37.7 Å². The van der Waals surface area contributed by atoms with Crippen LogP contribution in [0.25, 0.3) is 5.57 Å². The number of aliphatic hydroxyl groups excluding tert-OH is 1. The van der Waals surface area contributed by atoms with Gasteiger partial charge in [0.15, 0.2) is 11.5 Å². The monoisotopic (exact) mass is 436 g/mol. The summed E-state index contributed by atoms with van der Waals surface area (Å²) >= 11 is 0. The number of benzene rings is 2. The van der Waals surface area contributed by atoms with Crippen LogP contribution in [0.4, 0.5) is 5.69 Å². The zero-order chi connectivity index (χ0) is 22.3. The molecule has 1 heterocycles. The van der Waals surface area contributed by atoms with Crippen LogP contribution in [0.3, 0.4) is 0 Å². The van der Waals surface area contributed by atoms with Gasteiger partial charge in [-0.05, 0) is 55.4 Å². The van der Waals surface area contributed by atoms with E-state index >= 15 is 0 Å². The summed E-state index contributed by atoms with van der Waals surface area (Å²) in [5.41, 5.74) is 3.46. The van der Waals surface area contributed by atoms with Gasteiger partial charge >= 0.3 is 0 Å². The molecule has 1 aliphatic heterocycles. The molecule has 5 nitrogen and oxygen atoms in total. The maximum atomic E-state index is 9.38. The summed E-state index contributed by atoms with van der Waals surface area (Å²) in [6, 6.07) is 16.9. The molecule has 0 spiro atoms. The molecule has 0 radical (unpaired) electrons. The molecule has 32 heavy (non-hydrogen) atoms. The Labute approximate surface area is 192 Å². The van der Waals surface area contributed by atoms with Crippen molar-refractivity contribution in [2.75, 3.05) is 44.8 Å². The van der Waals surface area contributed by atoms with E-state index in [1.54, 1.807) is 7.11 Å². The van der Waals surface area contributed by atoms with Gasteiger partial charge < -0.3 is 19.5 Å². The van der Waals surface area contributed by atoms with Gasteiger partial charge in [0.1, 0.15) is 0 Å². The molecule has 172 valence electrons. The fraction of sp³-hybridized carbons (Fsp3) is 0.481. The van der Waals surface area contributed by atoms with Gasteiger partial charge in [-0.1, -0.05) is 36.9 Å². The third-order valence-electron chi connectivity index (χ3n) is 6.75. The summed E-state index contributed by atoms with van der Waals surface area (Å²) in [7, 11) is 1.70. The van der Waals surface area contributed by atoms with Gasteiger partial charge in [-0.15, -0.1) is 0 Å². The second-order valence-corrected chi connectivity index (χ2v) is 8.83. The fourth-order valence-electron chi connectivity index (χ4n) is 4.91. The highest BCUT2D eigenvalue weighted by Gasteiger charge is 2.30. The Balaban J connectivity index is 1.55. The first-order valence-corrected chi connectivity index (χ1v) is 11.9. The van der Waals surface area contributed by atoms with Gasteiger partial charge in [0.2, 0.25) is 0 Å². The largest absolute Gasteiger partial charge is 0.493 e. The first kappa shape index (κ1) is 22.7. The van der Waals surface area contributed by atoms with E-state index < -0.39 is 0 Å². The summed E-state index contributed by atoms with van der Waals surface area (Å²) in [5, 5.41) is 9.38. The minimum atomic E-state index is 0.194. The zero-order valence-corrected chi connectivity index (χ0v) is 19.2. The predicted octanol–water partition coefficient (Wildman–Crippen LogP) is 4.60. The summed E-state index contributed by atoms with van der Waals surface area (Å²) in [4.78, 5) is 4.89. The Morgan fingerprint density at radius 1 is 1.06 bits per heavy atom. The second-order valence-electron chi connectivity index (χ2n) is 8.83. The third-order valence-corrected chi connectivity index (χ3v) is 6.75. The molecular formula is C27H36N2O3. The highest BCUT2D eigenvalue weighted by Crippen LogP contribution is 2.36. The molecular weight excluding hydrogens is 400 g/mol. The standard InChI is InChI=1S/C27H36N2O3/c1-21(22-9-4-3-5-10-22)25-20-29(17-16-28(25)15-8-18-30)23-13-14-26(31-2)27(19-23)32-24-11-6-7-12-24/h3-5,9-10,13-14,19,24-25,30H,1,6-8,11-12,15-18,20H2,2H3. The van der Waals surface area contributed by atoms with Crippen molar-refractivity contribution in [3.63, 3.8) is 0 Å². The lowest BCUT2D eigenvalue weighted by Gasteiger charge is -2.43. The highest BCUT2D eigenvalue weighted by atomic mass is 16.5. The number of nitrogens with zero attached hydrogens (tertiary/aromatic N) is 2. The normalized spacial score (nSPS) is 19.8. The molecule has 1 unspecified atom stereocenters. The van der Waals surface area contributed by atoms with E-state index in [1.807, 2.05) is 12.1 Å². The summed E-state index contributed by atoms with van der Waals surface area (Å²) < 4.78 is 11.9. The van der Waals surface area contributed by atoms with E-state index in [1.165, 1.54) is 18.4 Å². The lowest BCUT2D eigenvalue weighted by Crippen LogP contribution is -2.53. The SMILES string of the molecule is C=C(c1ccccc1)C1CN(c2ccc(OC)c(OC3CCCC3)c2)CCN1CCCO. The van der Waals surface area contributed by atoms with Gasteiger partial charge in [0, 0.05) is 44.5 Å². The number of ether oxygens (including phenoxy) is 2. The van der Waals surface area contributed by atoms with Crippen LogP contribution in [-0.2, 0) is 0 Å². The van der Waals surface area contributed by atoms with Crippen LogP contribution in [0, 0.1) is 0 Å². The number of hydrogen-bond donors (Lipinski definition) is 1. The smallest absolute Gasteiger partial charge is 0.163 e. The van der Waals surface area contributed by atoms with Crippen LogP contribution in [0.5, 0.6) is 11.5 Å². The number of hydrogen-bond acceptors (Lipinski definition) is 5. The molecule has 0 aromatic heterocycles. The first-order chi connectivity index (χ1) is 15.7. The van der Waals surface area contributed by atoms with Crippen LogP contribution < -0.4 is 14.4 Å². The van der Waals surface area contributed by atoms with Crippen molar-refractivity contribution in [3.05, 3.63) is 60.7 Å². The molecule has 1 N–H and O–H groups in total. The Hall–Kier alpha value is -2.50. The summed E-state index contributed by atoms with van der Waals surface area (Å²) in [5.74, 6) is 1.64. The quantitative estimate of drug-likeness (QED) is 0.622. The van der Waals surface area contributed by atoms with Crippen LogP contribution in [0.15, 0.2) is 55.1 Å². The van der Waals surface area contributed by atoms with Crippen LogP contribution >= 0.6 is 0 Å². The number of anilines is 1. The van der Waals surface area contributed by atoms with Gasteiger partial charge in [0.05, 0.1) is 19.3 Å². The molecule has 1 saturated carbocycles. The molecule has 2 fully saturated rings. The van der Waals surface area contributed by atoms with Crippen molar-refractivity contribution in [3.8, 4) is 11.5 Å². The van der Waals surface area contributed by atoms with Crippen molar-refractivity contribution in [2.45, 2.75) is 44.2 Å². The molecule has 4 rings (SSSR count). The molecule has 1 aliphatic carbocycles. The fourth-order valence-corrected chi connectivity index (χ4v) is 4.91. The topological polar surface area (TPSA) is 45.2 Å². The highest BCUT2D eigenvalue weighted by molar-refractivity contribution is 5.69. The van der Waals surface area contributed by atoms with Crippen LogP contribution in [-0.4, -0.2) is 62.0 Å². The lowest BCUT2D eigenvalue weighted by molar-refractivity contribution is 0.187. The van der Waals surface area contributed by atoms with E-state index in [0.717, 1.165) is 68.2 Å². The van der Waals surface area contributed by atoms with Gasteiger partial charge in [-0.3, -0.25) is 4.90 Å². The molecule has 0 amide bonds. The second kappa shape index (κ2) is 10.9. The Kier molecular flexibility index (Phi) is 7.72. The van der Waals surface area contributed by atoms with Crippen molar-refractivity contribution in [1.82, 2.24) is 4.90 Å². The maximum absolute atomic E-state index is 9.38. The number of aliphatic hydroxyl groups is 1. The average Bonchev–Trinajstić information content (AvgIpc) is 3.36. The minimum Gasteiger partial charge on any atom is -0.493 e. The molecule has 1 saturated heterocycles. The number of rotatable bonds is 9. The number of methoxy groups -OCH3 is 1. The van der Waals surface area contributed by atoms with Gasteiger partial charge in [0.25, 0.3) is 0 Å². The van der Waals surface area contributed by atoms with Gasteiger partial charge in [-0.2, -0.15) is 0 Å². The molecule has 5 heteroatoms. The summed E-state index contributed by atoms with van der Waals surface area (Å²) in [6.45, 7) is 8.28. The number of piperazine rings is 1. The van der Waals surface area contributed by atoms with E-state index in [9.17, 15) is 5.11 Å². The average molecular weight is 437 g/mol. The molecule has 2 aliphatic rings. The lowest BCUT2D eigenvalue weighted by atomic mass is 9.96. The molecule has 1 atom stereocenters. The van der Waals surface area contributed by atoms with Crippen LogP contribution in [0.2, 0.25) is 0 Å². The Morgan fingerprint density at radius 2 is 1.84 bits per heavy atom. The molecule has 0 bridgehead atoms. The van der Waals surface area contributed by atoms with Crippen molar-refractivity contribution in [2.24, 2.45) is 0 Å². The van der Waals surface area contributed by atoms with E-state index in [2.05, 4.69) is 52.8 Å². The molecule has 2 aromatic rings. The summed E-state index contributed by atoms with van der Waals surface area (Å²) in [6.07, 6.45) is 5.80. The van der Waals surface area contributed by atoms with E-state index in [-0.39, 0.29) is 12.6 Å². The maximum Gasteiger partial charge on any atom is 0.163 e. The van der Waals surface area contributed by atoms with Crippen molar-refractivity contribution < 1.29 is 14.6 Å². The predicted molar refractivity (Wildman–Crippen MR) is 131 cm³/mol. The van der Waals surface area contributed by atoms with Gasteiger partial charge in [-0.25, -0.2) is 0 Å².